The zero-order valence-corrected chi connectivity index (χ0v) is 11.1. The molecule has 0 fully saturated rings. The normalized spacial score (nSPS) is 10.2. The summed E-state index contributed by atoms with van der Waals surface area (Å²) in [7, 11) is 0. The molecule has 0 radical (unpaired) electrons. The maximum Gasteiger partial charge on any atom is 0.309 e. The summed E-state index contributed by atoms with van der Waals surface area (Å²) in [6.45, 7) is 1.12. The predicted molar refractivity (Wildman–Crippen MR) is 74.2 cm³/mol. The van der Waals surface area contributed by atoms with Gasteiger partial charge in [-0.05, 0) is 18.2 Å². The summed E-state index contributed by atoms with van der Waals surface area (Å²) in [5, 5.41) is 4.01. The Morgan fingerprint density at radius 1 is 1.30 bits per heavy atom. The summed E-state index contributed by atoms with van der Waals surface area (Å²) in [5.74, 6) is 0.357. The fourth-order valence-corrected chi connectivity index (χ4v) is 1.61. The van der Waals surface area contributed by atoms with Crippen molar-refractivity contribution in [1.82, 2.24) is 9.78 Å². The predicted octanol–water partition coefficient (Wildman–Crippen LogP) is 1.48. The van der Waals surface area contributed by atoms with Crippen LogP contribution in [0.1, 0.15) is 6.42 Å². The molecule has 0 unspecified atom stereocenters. The van der Waals surface area contributed by atoms with Gasteiger partial charge in [-0.15, -0.1) is 0 Å². The van der Waals surface area contributed by atoms with Gasteiger partial charge in [0.05, 0.1) is 19.6 Å². The van der Waals surface area contributed by atoms with Crippen molar-refractivity contribution in [2.45, 2.75) is 13.0 Å². The summed E-state index contributed by atoms with van der Waals surface area (Å²) < 4.78 is 12.2. The number of ether oxygens (including phenoxy) is 2. The summed E-state index contributed by atoms with van der Waals surface area (Å²) in [4.78, 5) is 11.5. The minimum absolute atomic E-state index is 0.202. The molecule has 106 valence electrons. The van der Waals surface area contributed by atoms with E-state index in [0.29, 0.717) is 24.6 Å². The smallest absolute Gasteiger partial charge is 0.309 e. The first-order chi connectivity index (χ1) is 9.74. The number of aromatic nitrogens is 2. The molecular formula is C14H17N3O3. The van der Waals surface area contributed by atoms with Crippen molar-refractivity contribution in [3.8, 4) is 5.75 Å². The van der Waals surface area contributed by atoms with Crippen LogP contribution in [0.2, 0.25) is 0 Å². The van der Waals surface area contributed by atoms with Gasteiger partial charge in [0.2, 0.25) is 0 Å². The maximum absolute atomic E-state index is 11.5. The monoisotopic (exact) mass is 275 g/mol. The van der Waals surface area contributed by atoms with Crippen LogP contribution in [0.3, 0.4) is 0 Å². The molecule has 2 rings (SSSR count). The lowest BCUT2D eigenvalue weighted by molar-refractivity contribution is -0.144. The van der Waals surface area contributed by atoms with E-state index >= 15 is 0 Å². The Labute approximate surface area is 117 Å². The minimum Gasteiger partial charge on any atom is -0.493 e. The van der Waals surface area contributed by atoms with Crippen LogP contribution in [0.5, 0.6) is 5.75 Å². The van der Waals surface area contributed by atoms with Gasteiger partial charge in [-0.2, -0.15) is 5.10 Å². The van der Waals surface area contributed by atoms with Crippen molar-refractivity contribution < 1.29 is 14.3 Å². The molecule has 0 saturated carbocycles. The molecule has 0 aliphatic carbocycles. The molecule has 0 bridgehead atoms. The van der Waals surface area contributed by atoms with Crippen molar-refractivity contribution >= 4 is 11.7 Å². The van der Waals surface area contributed by atoms with Gasteiger partial charge in [0, 0.05) is 24.1 Å². The van der Waals surface area contributed by atoms with E-state index in [1.165, 1.54) is 0 Å². The van der Waals surface area contributed by atoms with Gasteiger partial charge >= 0.3 is 5.97 Å². The molecule has 0 aliphatic heterocycles. The third kappa shape index (κ3) is 4.64. The highest BCUT2D eigenvalue weighted by Crippen LogP contribution is 2.14. The highest BCUT2D eigenvalue weighted by Gasteiger charge is 2.04. The number of esters is 1. The first-order valence-corrected chi connectivity index (χ1v) is 6.35. The second-order valence-corrected chi connectivity index (χ2v) is 4.16. The molecule has 2 N–H and O–H groups in total. The van der Waals surface area contributed by atoms with E-state index in [1.54, 1.807) is 35.1 Å². The zero-order chi connectivity index (χ0) is 14.2. The Bertz CT molecular complexity index is 540. The second kappa shape index (κ2) is 7.18. The van der Waals surface area contributed by atoms with Gasteiger partial charge < -0.3 is 15.2 Å². The van der Waals surface area contributed by atoms with Crippen LogP contribution in [-0.4, -0.2) is 29.0 Å². The molecule has 6 nitrogen and oxygen atoms in total. The lowest BCUT2D eigenvalue weighted by atomic mass is 10.3. The summed E-state index contributed by atoms with van der Waals surface area (Å²) in [6.07, 6.45) is 3.70. The van der Waals surface area contributed by atoms with Gasteiger partial charge in [-0.25, -0.2) is 0 Å². The number of anilines is 1. The summed E-state index contributed by atoms with van der Waals surface area (Å²) in [6, 6.07) is 8.90. The fourth-order valence-electron chi connectivity index (χ4n) is 1.61. The first-order valence-electron chi connectivity index (χ1n) is 6.35. The van der Waals surface area contributed by atoms with Crippen LogP contribution in [0.4, 0.5) is 5.69 Å². The Hall–Kier alpha value is -2.50. The number of rotatable bonds is 7. The highest BCUT2D eigenvalue weighted by atomic mass is 16.5. The van der Waals surface area contributed by atoms with E-state index in [1.807, 2.05) is 12.3 Å². The number of hydrogen-bond donors (Lipinski definition) is 1. The zero-order valence-electron chi connectivity index (χ0n) is 11.1. The summed E-state index contributed by atoms with van der Waals surface area (Å²) >= 11 is 0. The lowest BCUT2D eigenvalue weighted by Crippen LogP contribution is -2.14. The SMILES string of the molecule is Nc1cccc(OCCC(=O)OCCn2cccn2)c1. The highest BCUT2D eigenvalue weighted by molar-refractivity contribution is 5.69. The standard InChI is InChI=1S/C14H17N3O3/c15-12-3-1-4-13(11-12)19-9-5-14(18)20-10-8-17-7-2-6-16-17/h1-4,6-7,11H,5,8-10,15H2. The van der Waals surface area contributed by atoms with Crippen LogP contribution >= 0.6 is 0 Å². The molecular weight excluding hydrogens is 258 g/mol. The average molecular weight is 275 g/mol. The van der Waals surface area contributed by atoms with Gasteiger partial charge in [0.25, 0.3) is 0 Å². The number of carbonyl (C=O) groups excluding carboxylic acids is 1. The van der Waals surface area contributed by atoms with Crippen LogP contribution in [0, 0.1) is 0 Å². The molecule has 6 heteroatoms. The van der Waals surface area contributed by atoms with E-state index in [9.17, 15) is 4.79 Å². The van der Waals surface area contributed by atoms with E-state index < -0.39 is 0 Å². The van der Waals surface area contributed by atoms with Crippen molar-refractivity contribution in [1.29, 1.82) is 0 Å². The average Bonchev–Trinajstić information content (AvgIpc) is 2.92. The number of nitrogen functional groups attached to an aromatic ring is 1. The molecule has 1 aromatic heterocycles. The van der Waals surface area contributed by atoms with Crippen molar-refractivity contribution in [3.63, 3.8) is 0 Å². The molecule has 0 saturated heterocycles. The van der Waals surface area contributed by atoms with Crippen LogP contribution in [-0.2, 0) is 16.1 Å². The van der Waals surface area contributed by atoms with E-state index in [4.69, 9.17) is 15.2 Å². The summed E-state index contributed by atoms with van der Waals surface area (Å²) in [5.41, 5.74) is 6.25. The minimum atomic E-state index is -0.291. The van der Waals surface area contributed by atoms with Crippen LogP contribution < -0.4 is 10.5 Å². The molecule has 20 heavy (non-hydrogen) atoms. The first kappa shape index (κ1) is 13.9. The van der Waals surface area contributed by atoms with Gasteiger partial charge in [0.1, 0.15) is 12.4 Å². The van der Waals surface area contributed by atoms with Crippen LogP contribution in [0.25, 0.3) is 0 Å². The lowest BCUT2D eigenvalue weighted by Gasteiger charge is -2.07. The van der Waals surface area contributed by atoms with Gasteiger partial charge in [-0.3, -0.25) is 9.48 Å². The molecule has 0 spiro atoms. The molecule has 0 aliphatic rings. The van der Waals surface area contributed by atoms with Crippen molar-refractivity contribution in [2.24, 2.45) is 0 Å². The van der Waals surface area contributed by atoms with E-state index in [0.717, 1.165) is 0 Å². The number of nitrogens with zero attached hydrogens (tertiary/aromatic N) is 2. The Morgan fingerprint density at radius 2 is 2.20 bits per heavy atom. The van der Waals surface area contributed by atoms with Crippen molar-refractivity contribution in [2.75, 3.05) is 18.9 Å². The Morgan fingerprint density at radius 3 is 2.95 bits per heavy atom. The third-order valence-electron chi connectivity index (χ3n) is 2.58. The van der Waals surface area contributed by atoms with E-state index in [2.05, 4.69) is 5.10 Å². The Kier molecular flexibility index (Phi) is 5.00. The van der Waals surface area contributed by atoms with Crippen molar-refractivity contribution in [3.05, 3.63) is 42.7 Å². The quantitative estimate of drug-likeness (QED) is 0.611. The number of hydrogen-bond acceptors (Lipinski definition) is 5. The molecule has 1 aromatic carbocycles. The topological polar surface area (TPSA) is 79.4 Å². The second-order valence-electron chi connectivity index (χ2n) is 4.16. The largest absolute Gasteiger partial charge is 0.493 e. The van der Waals surface area contributed by atoms with E-state index in [-0.39, 0.29) is 19.0 Å². The molecule has 1 heterocycles. The fraction of sp³-hybridized carbons (Fsp3) is 0.286. The molecule has 0 atom stereocenters. The molecule has 0 amide bonds. The van der Waals surface area contributed by atoms with Gasteiger partial charge in [-0.1, -0.05) is 6.07 Å². The number of carbonyl (C=O) groups is 1. The van der Waals surface area contributed by atoms with Gasteiger partial charge in [0.15, 0.2) is 0 Å². The molecule has 2 aromatic rings. The third-order valence-corrected chi connectivity index (χ3v) is 2.58. The van der Waals surface area contributed by atoms with Crippen LogP contribution in [0.15, 0.2) is 42.7 Å². The number of nitrogens with two attached hydrogens (primary N) is 1. The number of benzene rings is 1. The maximum atomic E-state index is 11.5. The Balaban J connectivity index is 1.60.